The molecule has 0 spiro atoms. The van der Waals surface area contributed by atoms with Crippen molar-refractivity contribution < 1.29 is 13.2 Å². The third-order valence-electron chi connectivity index (χ3n) is 4.73. The van der Waals surface area contributed by atoms with E-state index in [0.717, 1.165) is 23.5 Å². The smallest absolute Gasteiger partial charge is 0.230 e. The van der Waals surface area contributed by atoms with Gasteiger partial charge in [0, 0.05) is 18.0 Å². The van der Waals surface area contributed by atoms with Gasteiger partial charge in [-0.1, -0.05) is 43.3 Å². The summed E-state index contributed by atoms with van der Waals surface area (Å²) in [5.41, 5.74) is 2.16. The molecule has 0 saturated heterocycles. The molecule has 1 amide bonds. The molecule has 0 aliphatic carbocycles. The third-order valence-corrected chi connectivity index (χ3v) is 6.16. The maximum absolute atomic E-state index is 12.8. The van der Waals surface area contributed by atoms with Crippen LogP contribution in [0, 0.1) is 11.3 Å². The number of nitriles is 1. The van der Waals surface area contributed by atoms with E-state index in [2.05, 4.69) is 12.2 Å². The molecule has 0 aliphatic heterocycles. The highest BCUT2D eigenvalue weighted by atomic mass is 32.2. The highest BCUT2D eigenvalue weighted by Gasteiger charge is 2.30. The van der Waals surface area contributed by atoms with Crippen molar-refractivity contribution in [3.63, 3.8) is 0 Å². The molecule has 2 rings (SSSR count). The molecule has 2 aromatic carbocycles. The van der Waals surface area contributed by atoms with Gasteiger partial charge < -0.3 is 5.32 Å². The van der Waals surface area contributed by atoms with Crippen molar-refractivity contribution in [2.45, 2.75) is 44.0 Å². The summed E-state index contributed by atoms with van der Waals surface area (Å²) in [4.78, 5) is 12.9. The molecule has 6 heteroatoms. The number of allylic oxidation sites excluding steroid dienone is 1. The summed E-state index contributed by atoms with van der Waals surface area (Å²) in [7, 11) is -3.66. The molecule has 1 N–H and O–H groups in total. The van der Waals surface area contributed by atoms with Gasteiger partial charge in [-0.2, -0.15) is 5.26 Å². The van der Waals surface area contributed by atoms with Crippen molar-refractivity contribution in [3.05, 3.63) is 76.7 Å². The summed E-state index contributed by atoms with van der Waals surface area (Å²) < 4.78 is 24.2. The van der Waals surface area contributed by atoms with E-state index in [-0.39, 0.29) is 10.8 Å². The standard InChI is InChI=1S/C22H24N2O3S/c1-4-17-8-5-6-9-18(17)16-24-21(25)22(2,3)19-10-12-20(13-11-19)28(26,27)15-7-14-23/h5-13,15H,4,16H2,1-3H3,(H,24,25)/b15-7+. The van der Waals surface area contributed by atoms with Crippen LogP contribution in [0.2, 0.25) is 0 Å². The van der Waals surface area contributed by atoms with E-state index in [1.54, 1.807) is 32.0 Å². The van der Waals surface area contributed by atoms with Crippen LogP contribution in [0.15, 0.2) is 64.9 Å². The minimum absolute atomic E-state index is 0.0795. The van der Waals surface area contributed by atoms with E-state index in [1.165, 1.54) is 17.7 Å². The second-order valence-electron chi connectivity index (χ2n) is 6.93. The van der Waals surface area contributed by atoms with Crippen LogP contribution in [-0.4, -0.2) is 14.3 Å². The van der Waals surface area contributed by atoms with Gasteiger partial charge in [-0.3, -0.25) is 4.79 Å². The molecular formula is C22H24N2O3S. The number of aryl methyl sites for hydroxylation is 1. The Bertz CT molecular complexity index is 1010. The van der Waals surface area contributed by atoms with Gasteiger partial charge in [0.2, 0.25) is 15.7 Å². The summed E-state index contributed by atoms with van der Waals surface area (Å²) in [5.74, 6) is -0.140. The lowest BCUT2D eigenvalue weighted by atomic mass is 9.83. The minimum atomic E-state index is -3.66. The zero-order valence-corrected chi connectivity index (χ0v) is 17.1. The van der Waals surface area contributed by atoms with Crippen molar-refractivity contribution in [1.82, 2.24) is 5.32 Å². The number of carbonyl (C=O) groups is 1. The van der Waals surface area contributed by atoms with Crippen molar-refractivity contribution in [3.8, 4) is 6.07 Å². The van der Waals surface area contributed by atoms with Crippen LogP contribution in [0.3, 0.4) is 0 Å². The maximum atomic E-state index is 12.8. The largest absolute Gasteiger partial charge is 0.351 e. The zero-order chi connectivity index (χ0) is 20.8. The van der Waals surface area contributed by atoms with Gasteiger partial charge in [-0.25, -0.2) is 8.42 Å². The van der Waals surface area contributed by atoms with Crippen LogP contribution in [0.1, 0.15) is 37.5 Å². The molecule has 0 atom stereocenters. The lowest BCUT2D eigenvalue weighted by Crippen LogP contribution is -2.39. The van der Waals surface area contributed by atoms with Crippen molar-refractivity contribution in [2.75, 3.05) is 0 Å². The van der Waals surface area contributed by atoms with Crippen molar-refractivity contribution in [2.24, 2.45) is 0 Å². The van der Waals surface area contributed by atoms with E-state index in [9.17, 15) is 13.2 Å². The van der Waals surface area contributed by atoms with Crippen LogP contribution in [0.5, 0.6) is 0 Å². The van der Waals surface area contributed by atoms with E-state index in [4.69, 9.17) is 5.26 Å². The highest BCUT2D eigenvalue weighted by Crippen LogP contribution is 2.25. The molecule has 0 fully saturated rings. The number of hydrogen-bond acceptors (Lipinski definition) is 4. The quantitative estimate of drug-likeness (QED) is 0.724. The van der Waals surface area contributed by atoms with Gasteiger partial charge in [-0.15, -0.1) is 0 Å². The molecule has 0 aromatic heterocycles. The third kappa shape index (κ3) is 4.87. The van der Waals surface area contributed by atoms with E-state index in [0.29, 0.717) is 12.1 Å². The van der Waals surface area contributed by atoms with Crippen LogP contribution in [0.4, 0.5) is 0 Å². The second-order valence-corrected chi connectivity index (χ2v) is 8.76. The van der Waals surface area contributed by atoms with Crippen molar-refractivity contribution in [1.29, 1.82) is 5.26 Å². The Morgan fingerprint density at radius 1 is 1.11 bits per heavy atom. The second kappa shape index (κ2) is 8.85. The van der Waals surface area contributed by atoms with E-state index >= 15 is 0 Å². The first-order chi connectivity index (χ1) is 13.2. The zero-order valence-electron chi connectivity index (χ0n) is 16.3. The average Bonchev–Trinajstić information content (AvgIpc) is 2.70. The summed E-state index contributed by atoms with van der Waals surface area (Å²) >= 11 is 0. The monoisotopic (exact) mass is 396 g/mol. The maximum Gasteiger partial charge on any atom is 0.230 e. The number of carbonyl (C=O) groups excluding carboxylic acids is 1. The molecule has 5 nitrogen and oxygen atoms in total. The first-order valence-electron chi connectivity index (χ1n) is 8.99. The lowest BCUT2D eigenvalue weighted by Gasteiger charge is -2.24. The molecule has 28 heavy (non-hydrogen) atoms. The van der Waals surface area contributed by atoms with Gasteiger partial charge in [-0.05, 0) is 49.1 Å². The predicted molar refractivity (Wildman–Crippen MR) is 109 cm³/mol. The summed E-state index contributed by atoms with van der Waals surface area (Å²) in [6.45, 7) is 6.12. The molecule has 0 heterocycles. The van der Waals surface area contributed by atoms with Gasteiger partial charge in [0.1, 0.15) is 0 Å². The van der Waals surface area contributed by atoms with Crippen LogP contribution < -0.4 is 5.32 Å². The molecule has 0 unspecified atom stereocenters. The molecule has 0 radical (unpaired) electrons. The average molecular weight is 397 g/mol. The van der Waals surface area contributed by atoms with Gasteiger partial charge in [0.25, 0.3) is 0 Å². The number of nitrogens with one attached hydrogen (secondary N) is 1. The summed E-state index contributed by atoms with van der Waals surface area (Å²) in [6, 6.07) is 15.8. The molecule has 0 saturated carbocycles. The Morgan fingerprint density at radius 2 is 1.71 bits per heavy atom. The Balaban J connectivity index is 2.16. The summed E-state index contributed by atoms with van der Waals surface area (Å²) in [5, 5.41) is 12.4. The number of rotatable bonds is 7. The minimum Gasteiger partial charge on any atom is -0.351 e. The molecule has 0 aliphatic rings. The van der Waals surface area contributed by atoms with Crippen molar-refractivity contribution >= 4 is 15.7 Å². The molecule has 146 valence electrons. The predicted octanol–water partition coefficient (Wildman–Crippen LogP) is 3.65. The Kier molecular flexibility index (Phi) is 6.76. The Hall–Kier alpha value is -2.91. The number of hydrogen-bond donors (Lipinski definition) is 1. The number of sulfone groups is 1. The van der Waals surface area contributed by atoms with Crippen LogP contribution in [0.25, 0.3) is 0 Å². The molecule has 2 aromatic rings. The Labute approximate surface area is 166 Å². The van der Waals surface area contributed by atoms with Gasteiger partial charge in [0.05, 0.1) is 16.4 Å². The van der Waals surface area contributed by atoms with Crippen LogP contribution >= 0.6 is 0 Å². The summed E-state index contributed by atoms with van der Waals surface area (Å²) in [6.07, 6.45) is 1.82. The topological polar surface area (TPSA) is 87.0 Å². The number of benzene rings is 2. The molecule has 0 bridgehead atoms. The fourth-order valence-electron chi connectivity index (χ4n) is 2.86. The highest BCUT2D eigenvalue weighted by molar-refractivity contribution is 7.94. The first kappa shape index (κ1) is 21.4. The van der Waals surface area contributed by atoms with Gasteiger partial charge >= 0.3 is 0 Å². The Morgan fingerprint density at radius 3 is 2.29 bits per heavy atom. The normalized spacial score (nSPS) is 11.9. The molecular weight excluding hydrogens is 372 g/mol. The van der Waals surface area contributed by atoms with E-state index in [1.807, 2.05) is 24.3 Å². The number of nitrogens with zero attached hydrogens (tertiary/aromatic N) is 1. The fraction of sp³-hybridized carbons (Fsp3) is 0.273. The van der Waals surface area contributed by atoms with E-state index < -0.39 is 15.3 Å². The lowest BCUT2D eigenvalue weighted by molar-refractivity contribution is -0.125. The number of amides is 1. The van der Waals surface area contributed by atoms with Gasteiger partial charge in [0.15, 0.2) is 0 Å². The van der Waals surface area contributed by atoms with Crippen LogP contribution in [-0.2, 0) is 33.0 Å². The SMILES string of the molecule is CCc1ccccc1CNC(=O)C(C)(C)c1ccc(S(=O)(=O)/C=C/C#N)cc1. The fourth-order valence-corrected chi connectivity index (χ4v) is 3.77. The first-order valence-corrected chi connectivity index (χ1v) is 10.5.